The second kappa shape index (κ2) is 6.46. The van der Waals surface area contributed by atoms with Crippen LogP contribution in [0.2, 0.25) is 0 Å². The minimum absolute atomic E-state index is 0.220. The van der Waals surface area contributed by atoms with E-state index in [1.54, 1.807) is 6.20 Å². The fraction of sp³-hybridized carbons (Fsp3) is 0. The van der Waals surface area contributed by atoms with Gasteiger partial charge in [-0.2, -0.15) is 0 Å². The van der Waals surface area contributed by atoms with Gasteiger partial charge in [0.25, 0.3) is 0 Å². The molecule has 3 nitrogen and oxygen atoms in total. The van der Waals surface area contributed by atoms with Crippen LogP contribution in [0, 0.1) is 0 Å². The van der Waals surface area contributed by atoms with E-state index in [2.05, 4.69) is 82.3 Å². The molecule has 2 aromatic heterocycles. The van der Waals surface area contributed by atoms with E-state index < -0.39 is 0 Å². The summed E-state index contributed by atoms with van der Waals surface area (Å²) in [5.74, 6) is 0.220. The molecule has 30 heavy (non-hydrogen) atoms. The lowest BCUT2D eigenvalue weighted by Gasteiger charge is -2.11. The number of hydrogen-bond donors (Lipinski definition) is 1. The van der Waals surface area contributed by atoms with Crippen molar-refractivity contribution in [3.63, 3.8) is 0 Å². The third-order valence-corrected chi connectivity index (χ3v) is 5.76. The van der Waals surface area contributed by atoms with E-state index in [1.165, 1.54) is 21.8 Å². The van der Waals surface area contributed by atoms with Gasteiger partial charge in [-0.15, -0.1) is 0 Å². The fourth-order valence-corrected chi connectivity index (χ4v) is 4.35. The molecule has 0 fully saturated rings. The van der Waals surface area contributed by atoms with Crippen molar-refractivity contribution in [2.45, 2.75) is 0 Å². The lowest BCUT2D eigenvalue weighted by Crippen LogP contribution is -1.93. The summed E-state index contributed by atoms with van der Waals surface area (Å²) < 4.78 is 2.29. The molecule has 4 aromatic carbocycles. The maximum absolute atomic E-state index is 10.8. The van der Waals surface area contributed by atoms with Crippen molar-refractivity contribution < 1.29 is 5.11 Å². The summed E-state index contributed by atoms with van der Waals surface area (Å²) in [5.41, 5.74) is 5.84. The van der Waals surface area contributed by atoms with Gasteiger partial charge < -0.3 is 9.67 Å². The third-order valence-electron chi connectivity index (χ3n) is 5.76. The first-order chi connectivity index (χ1) is 14.8. The molecule has 0 aliphatic heterocycles. The van der Waals surface area contributed by atoms with Crippen LogP contribution < -0.4 is 0 Å². The molecule has 0 spiro atoms. The van der Waals surface area contributed by atoms with Gasteiger partial charge in [0.15, 0.2) is 0 Å². The van der Waals surface area contributed by atoms with E-state index in [9.17, 15) is 5.11 Å². The summed E-state index contributed by atoms with van der Waals surface area (Å²) in [5, 5.41) is 14.2. The first kappa shape index (κ1) is 16.8. The zero-order chi connectivity index (χ0) is 20.1. The van der Waals surface area contributed by atoms with Crippen LogP contribution in [0.15, 0.2) is 103 Å². The third kappa shape index (κ3) is 2.42. The van der Waals surface area contributed by atoms with Crippen molar-refractivity contribution in [1.82, 2.24) is 9.55 Å². The highest BCUT2D eigenvalue weighted by Crippen LogP contribution is 2.36. The number of aromatic hydroxyl groups is 1. The quantitative estimate of drug-likeness (QED) is 0.359. The highest BCUT2D eigenvalue weighted by molar-refractivity contribution is 6.09. The van der Waals surface area contributed by atoms with Crippen molar-refractivity contribution >= 4 is 32.7 Å². The molecule has 0 unspecified atom stereocenters. The summed E-state index contributed by atoms with van der Waals surface area (Å²) in [6.45, 7) is 0. The molecular formula is C27H18N2O. The smallest absolute Gasteiger partial charge is 0.149 e. The molecule has 0 saturated carbocycles. The minimum atomic E-state index is 0.220. The van der Waals surface area contributed by atoms with Crippen LogP contribution in [0.3, 0.4) is 0 Å². The molecule has 0 radical (unpaired) electrons. The molecule has 0 atom stereocenters. The molecule has 6 rings (SSSR count). The zero-order valence-electron chi connectivity index (χ0n) is 16.2. The van der Waals surface area contributed by atoms with Gasteiger partial charge in [-0.1, -0.05) is 60.7 Å². The fourth-order valence-electron chi connectivity index (χ4n) is 4.35. The molecular weight excluding hydrogens is 368 g/mol. The summed E-state index contributed by atoms with van der Waals surface area (Å²) in [6.07, 6.45) is 1.71. The van der Waals surface area contributed by atoms with Crippen LogP contribution in [0.5, 0.6) is 5.75 Å². The number of hydrogen-bond acceptors (Lipinski definition) is 2. The number of phenols is 1. The predicted octanol–water partition coefficient (Wildman–Crippen LogP) is 6.70. The number of aromatic nitrogens is 2. The molecule has 142 valence electrons. The summed E-state index contributed by atoms with van der Waals surface area (Å²) >= 11 is 0. The Morgan fingerprint density at radius 3 is 2.00 bits per heavy atom. The molecule has 6 aromatic rings. The molecule has 0 aliphatic rings. The molecule has 0 aliphatic carbocycles. The number of benzene rings is 4. The second-order valence-electron chi connectivity index (χ2n) is 7.45. The van der Waals surface area contributed by atoms with E-state index >= 15 is 0 Å². The lowest BCUT2D eigenvalue weighted by atomic mass is 10.0. The molecule has 0 amide bonds. The van der Waals surface area contributed by atoms with Gasteiger partial charge in [0.2, 0.25) is 0 Å². The molecule has 0 bridgehead atoms. The Kier molecular flexibility index (Phi) is 3.62. The van der Waals surface area contributed by atoms with E-state index in [4.69, 9.17) is 0 Å². The number of phenolic OH excluding ortho intramolecular Hbond substituents is 1. The SMILES string of the molecule is Oc1c(-c2ccc(-n3c4ccccc4c4ccccc43)cc2)ccc2cccnc12. The van der Waals surface area contributed by atoms with Crippen molar-refractivity contribution in [3.8, 4) is 22.6 Å². The molecule has 1 N–H and O–H groups in total. The molecule has 0 saturated heterocycles. The van der Waals surface area contributed by atoms with Crippen molar-refractivity contribution in [1.29, 1.82) is 0 Å². The maximum atomic E-state index is 10.8. The number of para-hydroxylation sites is 2. The van der Waals surface area contributed by atoms with Gasteiger partial charge in [0.1, 0.15) is 11.3 Å². The summed E-state index contributed by atoms with van der Waals surface area (Å²) in [7, 11) is 0. The number of rotatable bonds is 2. The van der Waals surface area contributed by atoms with Gasteiger partial charge in [-0.25, -0.2) is 0 Å². The van der Waals surface area contributed by atoms with Crippen molar-refractivity contribution in [2.75, 3.05) is 0 Å². The Morgan fingerprint density at radius 2 is 1.30 bits per heavy atom. The van der Waals surface area contributed by atoms with Crippen LogP contribution in [0.25, 0.3) is 49.5 Å². The highest BCUT2D eigenvalue weighted by atomic mass is 16.3. The summed E-state index contributed by atoms with van der Waals surface area (Å²) in [6, 6.07) is 33.1. The first-order valence-electron chi connectivity index (χ1n) is 9.97. The van der Waals surface area contributed by atoms with Crippen LogP contribution in [-0.4, -0.2) is 14.7 Å². The topological polar surface area (TPSA) is 38.0 Å². The number of pyridine rings is 1. The first-order valence-corrected chi connectivity index (χ1v) is 9.97. The van der Waals surface area contributed by atoms with Crippen molar-refractivity contribution in [3.05, 3.63) is 103 Å². The summed E-state index contributed by atoms with van der Waals surface area (Å²) in [4.78, 5) is 4.34. The second-order valence-corrected chi connectivity index (χ2v) is 7.45. The Morgan fingerprint density at radius 1 is 0.633 bits per heavy atom. The Hall–Kier alpha value is -4.11. The predicted molar refractivity (Wildman–Crippen MR) is 123 cm³/mol. The normalized spacial score (nSPS) is 11.5. The van der Waals surface area contributed by atoms with E-state index in [1.807, 2.05) is 24.3 Å². The standard InChI is InChI=1S/C27H18N2O/c30-27-21(16-13-19-6-5-17-28-26(19)27)18-11-14-20(15-12-18)29-24-9-3-1-7-22(24)23-8-2-4-10-25(23)29/h1-17,30H. The van der Waals surface area contributed by atoms with Crippen molar-refractivity contribution in [2.24, 2.45) is 0 Å². The monoisotopic (exact) mass is 386 g/mol. The highest BCUT2D eigenvalue weighted by Gasteiger charge is 2.13. The zero-order valence-corrected chi connectivity index (χ0v) is 16.2. The Labute approximate surface area is 173 Å². The average Bonchev–Trinajstić information content (AvgIpc) is 3.14. The Balaban J connectivity index is 1.52. The lowest BCUT2D eigenvalue weighted by molar-refractivity contribution is 0.482. The molecule has 2 heterocycles. The average molecular weight is 386 g/mol. The van der Waals surface area contributed by atoms with E-state index in [0.29, 0.717) is 5.52 Å². The maximum Gasteiger partial charge on any atom is 0.149 e. The van der Waals surface area contributed by atoms with Gasteiger partial charge >= 0.3 is 0 Å². The number of fused-ring (bicyclic) bond motifs is 4. The minimum Gasteiger partial charge on any atom is -0.505 e. The van der Waals surface area contributed by atoms with Gasteiger partial charge in [0.05, 0.1) is 11.0 Å². The van der Waals surface area contributed by atoms with E-state index in [0.717, 1.165) is 22.2 Å². The number of nitrogens with zero attached hydrogens (tertiary/aromatic N) is 2. The van der Waals surface area contributed by atoms with Gasteiger partial charge in [-0.3, -0.25) is 4.98 Å². The Bertz CT molecular complexity index is 1490. The van der Waals surface area contributed by atoms with Crippen LogP contribution >= 0.6 is 0 Å². The van der Waals surface area contributed by atoms with Gasteiger partial charge in [-0.05, 0) is 42.0 Å². The van der Waals surface area contributed by atoms with E-state index in [-0.39, 0.29) is 5.75 Å². The van der Waals surface area contributed by atoms with Gasteiger partial charge in [0, 0.05) is 33.6 Å². The largest absolute Gasteiger partial charge is 0.505 e. The van der Waals surface area contributed by atoms with Crippen LogP contribution in [-0.2, 0) is 0 Å². The van der Waals surface area contributed by atoms with Crippen LogP contribution in [0.1, 0.15) is 0 Å². The molecule has 3 heteroatoms. The van der Waals surface area contributed by atoms with Crippen LogP contribution in [0.4, 0.5) is 0 Å².